The van der Waals surface area contributed by atoms with E-state index in [2.05, 4.69) is 0 Å². The lowest BCUT2D eigenvalue weighted by Crippen LogP contribution is -2.44. The molecule has 0 spiro atoms. The number of nitrogens with zero attached hydrogens (tertiary/aromatic N) is 2. The molecule has 0 unspecified atom stereocenters. The van der Waals surface area contributed by atoms with Gasteiger partial charge in [0.1, 0.15) is 0 Å². The molecule has 2 aromatic rings. The van der Waals surface area contributed by atoms with Crippen molar-refractivity contribution in [3.05, 3.63) is 71.3 Å². The van der Waals surface area contributed by atoms with E-state index in [0.717, 1.165) is 10.5 Å². The number of amides is 3. The molecular formula is C23H24N2O5S. The lowest BCUT2D eigenvalue weighted by molar-refractivity contribution is -0.133. The van der Waals surface area contributed by atoms with Gasteiger partial charge in [-0.25, -0.2) is 8.42 Å². The number of sulfone groups is 1. The van der Waals surface area contributed by atoms with Gasteiger partial charge in [0, 0.05) is 25.6 Å². The summed E-state index contributed by atoms with van der Waals surface area (Å²) < 4.78 is 24.0. The van der Waals surface area contributed by atoms with Crippen LogP contribution in [0.5, 0.6) is 0 Å². The summed E-state index contributed by atoms with van der Waals surface area (Å²) in [6.07, 6.45) is 0.989. The molecule has 0 aliphatic carbocycles. The molecule has 1 fully saturated rings. The Morgan fingerprint density at radius 2 is 1.58 bits per heavy atom. The molecule has 0 aromatic heterocycles. The third-order valence-electron chi connectivity index (χ3n) is 5.88. The predicted octanol–water partition coefficient (Wildman–Crippen LogP) is 1.93. The van der Waals surface area contributed by atoms with Crippen molar-refractivity contribution < 1.29 is 22.8 Å². The van der Waals surface area contributed by atoms with Crippen LogP contribution in [0.2, 0.25) is 0 Å². The second-order valence-electron chi connectivity index (χ2n) is 7.94. The molecular weight excluding hydrogens is 416 g/mol. The second-order valence-corrected chi connectivity index (χ2v) is 10.2. The maximum atomic E-state index is 13.1. The molecule has 2 heterocycles. The number of hydrogen-bond acceptors (Lipinski definition) is 5. The smallest absolute Gasteiger partial charge is 0.261 e. The maximum Gasteiger partial charge on any atom is 0.261 e. The van der Waals surface area contributed by atoms with E-state index in [9.17, 15) is 22.8 Å². The van der Waals surface area contributed by atoms with E-state index in [4.69, 9.17) is 0 Å². The minimum atomic E-state index is -3.15. The molecule has 0 N–H and O–H groups in total. The number of hydrogen-bond donors (Lipinski definition) is 0. The van der Waals surface area contributed by atoms with Crippen LogP contribution in [0.15, 0.2) is 54.6 Å². The van der Waals surface area contributed by atoms with Crippen LogP contribution in [-0.4, -0.2) is 66.6 Å². The maximum absolute atomic E-state index is 13.1. The summed E-state index contributed by atoms with van der Waals surface area (Å²) in [7, 11) is -3.15. The lowest BCUT2D eigenvalue weighted by atomic mass is 10.1. The van der Waals surface area contributed by atoms with E-state index in [1.165, 1.54) is 0 Å². The Labute approximate surface area is 181 Å². The van der Waals surface area contributed by atoms with Crippen molar-refractivity contribution in [2.45, 2.75) is 25.3 Å². The molecule has 162 valence electrons. The van der Waals surface area contributed by atoms with E-state index in [1.54, 1.807) is 29.2 Å². The Bertz CT molecular complexity index is 1080. The number of imide groups is 1. The Hall–Kier alpha value is -3.00. The quantitative estimate of drug-likeness (QED) is 0.614. The summed E-state index contributed by atoms with van der Waals surface area (Å²) in [5.41, 5.74) is 1.76. The average Bonchev–Trinajstić information content (AvgIpc) is 3.24. The van der Waals surface area contributed by atoms with E-state index in [1.807, 2.05) is 30.3 Å². The lowest BCUT2D eigenvalue weighted by Gasteiger charge is -2.29. The number of rotatable bonds is 7. The molecule has 2 aromatic carbocycles. The summed E-state index contributed by atoms with van der Waals surface area (Å²) in [6.45, 7) is 0.373. The third-order valence-corrected chi connectivity index (χ3v) is 7.63. The molecule has 2 aliphatic rings. The van der Waals surface area contributed by atoms with E-state index in [-0.39, 0.29) is 36.4 Å². The van der Waals surface area contributed by atoms with Gasteiger partial charge >= 0.3 is 0 Å². The van der Waals surface area contributed by atoms with Crippen LogP contribution in [0.3, 0.4) is 0 Å². The first-order valence-electron chi connectivity index (χ1n) is 10.3. The first-order valence-corrected chi connectivity index (χ1v) is 12.2. The van der Waals surface area contributed by atoms with E-state index < -0.39 is 21.7 Å². The number of carbonyl (C=O) groups is 3. The van der Waals surface area contributed by atoms with Crippen molar-refractivity contribution in [1.82, 2.24) is 9.80 Å². The van der Waals surface area contributed by atoms with Crippen molar-refractivity contribution in [2.24, 2.45) is 0 Å². The van der Waals surface area contributed by atoms with Gasteiger partial charge in [-0.15, -0.1) is 0 Å². The molecule has 7 nitrogen and oxygen atoms in total. The largest absolute Gasteiger partial charge is 0.338 e. The van der Waals surface area contributed by atoms with Crippen LogP contribution in [0.1, 0.15) is 39.1 Å². The van der Waals surface area contributed by atoms with E-state index in [0.29, 0.717) is 30.5 Å². The Balaban J connectivity index is 1.44. The van der Waals surface area contributed by atoms with Crippen molar-refractivity contribution in [3.63, 3.8) is 0 Å². The van der Waals surface area contributed by atoms with Gasteiger partial charge in [0.25, 0.3) is 11.8 Å². The summed E-state index contributed by atoms with van der Waals surface area (Å²) in [5.74, 6) is -0.999. The highest BCUT2D eigenvalue weighted by atomic mass is 32.2. The summed E-state index contributed by atoms with van der Waals surface area (Å²) in [4.78, 5) is 40.9. The van der Waals surface area contributed by atoms with Crippen LogP contribution in [0.25, 0.3) is 0 Å². The molecule has 0 radical (unpaired) electrons. The monoisotopic (exact) mass is 440 g/mol. The molecule has 4 rings (SSSR count). The minimum Gasteiger partial charge on any atom is -0.338 e. The molecule has 1 saturated heterocycles. The topological polar surface area (TPSA) is 91.8 Å². The van der Waals surface area contributed by atoms with Gasteiger partial charge in [0.2, 0.25) is 5.91 Å². The van der Waals surface area contributed by atoms with Gasteiger partial charge in [-0.1, -0.05) is 42.5 Å². The molecule has 8 heteroatoms. The van der Waals surface area contributed by atoms with E-state index >= 15 is 0 Å². The van der Waals surface area contributed by atoms with Crippen LogP contribution in [0, 0.1) is 0 Å². The first kappa shape index (κ1) is 21.2. The minimum absolute atomic E-state index is 0.0213. The molecule has 2 aliphatic heterocycles. The summed E-state index contributed by atoms with van der Waals surface area (Å²) in [5, 5.41) is 0. The first-order chi connectivity index (χ1) is 14.9. The highest BCUT2D eigenvalue weighted by Gasteiger charge is 2.37. The normalized spacial score (nSPS) is 19.5. The van der Waals surface area contributed by atoms with Gasteiger partial charge in [-0.05, 0) is 30.5 Å². The fourth-order valence-corrected chi connectivity index (χ4v) is 5.95. The molecule has 31 heavy (non-hydrogen) atoms. The summed E-state index contributed by atoms with van der Waals surface area (Å²) in [6, 6.07) is 15.9. The van der Waals surface area contributed by atoms with Gasteiger partial charge in [0.15, 0.2) is 9.84 Å². The number of benzene rings is 2. The fourth-order valence-electron chi connectivity index (χ4n) is 4.22. The average molecular weight is 441 g/mol. The van der Waals surface area contributed by atoms with Crippen molar-refractivity contribution in [3.8, 4) is 0 Å². The van der Waals surface area contributed by atoms with Crippen LogP contribution < -0.4 is 0 Å². The van der Waals surface area contributed by atoms with Crippen LogP contribution in [0.4, 0.5) is 0 Å². The standard InChI is InChI=1S/C23H24N2O5S/c26-21(11-14-25-22(27)19-8-4-5-9-20(19)23(25)28)24(18-12-15-31(29,30)16-18)13-10-17-6-2-1-3-7-17/h1-9,18H,10-16H2/t18-/m1/s1. The van der Waals surface area contributed by atoms with Crippen molar-refractivity contribution in [2.75, 3.05) is 24.6 Å². The van der Waals surface area contributed by atoms with Gasteiger partial charge in [-0.2, -0.15) is 0 Å². The Morgan fingerprint density at radius 1 is 0.968 bits per heavy atom. The number of carbonyl (C=O) groups excluding carboxylic acids is 3. The summed E-state index contributed by atoms with van der Waals surface area (Å²) >= 11 is 0. The van der Waals surface area contributed by atoms with Crippen molar-refractivity contribution in [1.29, 1.82) is 0 Å². The van der Waals surface area contributed by atoms with Gasteiger partial charge in [-0.3, -0.25) is 19.3 Å². The molecule has 0 saturated carbocycles. The zero-order valence-electron chi connectivity index (χ0n) is 17.1. The second kappa shape index (κ2) is 8.63. The fraction of sp³-hybridized carbons (Fsp3) is 0.348. The highest BCUT2D eigenvalue weighted by molar-refractivity contribution is 7.91. The van der Waals surface area contributed by atoms with Gasteiger partial charge in [0.05, 0.1) is 22.6 Å². The zero-order chi connectivity index (χ0) is 22.0. The van der Waals surface area contributed by atoms with Gasteiger partial charge < -0.3 is 4.90 Å². The SMILES string of the molecule is O=C1c2ccccc2C(=O)N1CCC(=O)N(CCc1ccccc1)[C@@H]1CCS(=O)(=O)C1. The van der Waals surface area contributed by atoms with Crippen LogP contribution in [-0.2, 0) is 21.1 Å². The van der Waals surface area contributed by atoms with Crippen molar-refractivity contribution >= 4 is 27.6 Å². The molecule has 0 bridgehead atoms. The molecule has 3 amide bonds. The number of fused-ring (bicyclic) bond motifs is 1. The Kier molecular flexibility index (Phi) is 5.91. The van der Waals surface area contributed by atoms with Crippen LogP contribution >= 0.6 is 0 Å². The zero-order valence-corrected chi connectivity index (χ0v) is 17.9. The Morgan fingerprint density at radius 3 is 2.16 bits per heavy atom. The highest BCUT2D eigenvalue weighted by Crippen LogP contribution is 2.24. The predicted molar refractivity (Wildman–Crippen MR) is 115 cm³/mol. The molecule has 1 atom stereocenters. The third kappa shape index (κ3) is 4.54.